The standard InChI is InChI=1S/C20H25N3O3.ClH/c1-13(2)18(22-19(24)17-9-6-10-26-17)20(25)23-11-15(16(21)12-23)14-7-4-3-5-8-14;/h3-10,13,15-16,18H,11-12,21H2,1-2H3,(H,22,24);1H/t15-,16+,18?;/m0./s1. The molecule has 27 heavy (non-hydrogen) atoms. The van der Waals surface area contributed by atoms with Crippen LogP contribution in [0.3, 0.4) is 0 Å². The molecular formula is C20H26ClN3O3. The fourth-order valence-corrected chi connectivity index (χ4v) is 3.39. The molecule has 6 nitrogen and oxygen atoms in total. The SMILES string of the molecule is CC(C)C(NC(=O)c1ccco1)C(=O)N1C[C@@H](N)[C@H](c2ccccc2)C1.Cl. The highest BCUT2D eigenvalue weighted by Gasteiger charge is 2.38. The van der Waals surface area contributed by atoms with Crippen molar-refractivity contribution in [3.05, 3.63) is 60.1 Å². The van der Waals surface area contributed by atoms with Crippen LogP contribution in [0.4, 0.5) is 0 Å². The number of carbonyl (C=O) groups is 2. The Balaban J connectivity index is 0.00000261. The molecule has 0 aliphatic carbocycles. The van der Waals surface area contributed by atoms with E-state index in [1.165, 1.54) is 6.26 Å². The number of hydrogen-bond acceptors (Lipinski definition) is 4. The van der Waals surface area contributed by atoms with Gasteiger partial charge < -0.3 is 20.4 Å². The molecule has 3 atom stereocenters. The molecule has 3 N–H and O–H groups in total. The predicted molar refractivity (Wildman–Crippen MR) is 106 cm³/mol. The van der Waals surface area contributed by atoms with Crippen molar-refractivity contribution < 1.29 is 14.0 Å². The molecule has 2 amide bonds. The van der Waals surface area contributed by atoms with E-state index < -0.39 is 6.04 Å². The van der Waals surface area contributed by atoms with Gasteiger partial charge in [-0.2, -0.15) is 0 Å². The highest BCUT2D eigenvalue weighted by molar-refractivity contribution is 5.95. The maximum Gasteiger partial charge on any atom is 0.287 e. The molecule has 1 saturated heterocycles. The van der Waals surface area contributed by atoms with Crippen LogP contribution in [-0.2, 0) is 4.79 Å². The first-order chi connectivity index (χ1) is 12.5. The summed E-state index contributed by atoms with van der Waals surface area (Å²) in [6, 6.07) is 12.5. The number of benzene rings is 1. The first-order valence-corrected chi connectivity index (χ1v) is 8.91. The van der Waals surface area contributed by atoms with Gasteiger partial charge >= 0.3 is 0 Å². The maximum atomic E-state index is 13.0. The minimum absolute atomic E-state index is 0. The lowest BCUT2D eigenvalue weighted by atomic mass is 9.95. The number of nitrogens with two attached hydrogens (primary N) is 1. The number of nitrogens with one attached hydrogen (secondary N) is 1. The number of furan rings is 1. The minimum atomic E-state index is -0.616. The molecule has 0 radical (unpaired) electrons. The summed E-state index contributed by atoms with van der Waals surface area (Å²) in [4.78, 5) is 27.1. The Bertz CT molecular complexity index is 749. The smallest absolute Gasteiger partial charge is 0.287 e. The van der Waals surface area contributed by atoms with E-state index in [0.29, 0.717) is 13.1 Å². The molecule has 1 unspecified atom stereocenters. The van der Waals surface area contributed by atoms with E-state index in [1.807, 2.05) is 44.2 Å². The van der Waals surface area contributed by atoms with Gasteiger partial charge in [0.25, 0.3) is 5.91 Å². The molecule has 2 heterocycles. The van der Waals surface area contributed by atoms with Crippen LogP contribution in [0.15, 0.2) is 53.1 Å². The lowest BCUT2D eigenvalue weighted by Crippen LogP contribution is -2.51. The van der Waals surface area contributed by atoms with Gasteiger partial charge in [0.15, 0.2) is 5.76 Å². The Morgan fingerprint density at radius 3 is 2.44 bits per heavy atom. The van der Waals surface area contributed by atoms with Crippen molar-refractivity contribution in [2.24, 2.45) is 11.7 Å². The molecule has 0 bridgehead atoms. The van der Waals surface area contributed by atoms with Crippen LogP contribution in [0.5, 0.6) is 0 Å². The van der Waals surface area contributed by atoms with E-state index in [4.69, 9.17) is 10.2 Å². The summed E-state index contributed by atoms with van der Waals surface area (Å²) in [5.41, 5.74) is 7.43. The van der Waals surface area contributed by atoms with E-state index in [9.17, 15) is 9.59 Å². The van der Waals surface area contributed by atoms with E-state index in [0.717, 1.165) is 5.56 Å². The summed E-state index contributed by atoms with van der Waals surface area (Å²) in [7, 11) is 0. The highest BCUT2D eigenvalue weighted by Crippen LogP contribution is 2.27. The van der Waals surface area contributed by atoms with Gasteiger partial charge in [-0.25, -0.2) is 0 Å². The fraction of sp³-hybridized carbons (Fsp3) is 0.400. The molecule has 1 aromatic heterocycles. The quantitative estimate of drug-likeness (QED) is 0.819. The van der Waals surface area contributed by atoms with Gasteiger partial charge in [-0.3, -0.25) is 9.59 Å². The molecule has 3 rings (SSSR count). The average molecular weight is 392 g/mol. The first-order valence-electron chi connectivity index (χ1n) is 8.91. The minimum Gasteiger partial charge on any atom is -0.459 e. The molecular weight excluding hydrogens is 366 g/mol. The number of amides is 2. The lowest BCUT2D eigenvalue weighted by Gasteiger charge is -2.26. The summed E-state index contributed by atoms with van der Waals surface area (Å²) in [5, 5.41) is 2.80. The van der Waals surface area contributed by atoms with Crippen molar-refractivity contribution in [1.82, 2.24) is 10.2 Å². The summed E-state index contributed by atoms with van der Waals surface area (Å²) in [5.74, 6) is -0.232. The zero-order valence-electron chi connectivity index (χ0n) is 15.5. The lowest BCUT2D eigenvalue weighted by molar-refractivity contribution is -0.133. The third-order valence-corrected chi connectivity index (χ3v) is 4.87. The monoisotopic (exact) mass is 391 g/mol. The first kappa shape index (κ1) is 21.0. The zero-order valence-corrected chi connectivity index (χ0v) is 16.3. The third kappa shape index (κ3) is 4.70. The van der Waals surface area contributed by atoms with E-state index in [-0.39, 0.29) is 47.9 Å². The van der Waals surface area contributed by atoms with Crippen molar-refractivity contribution in [2.45, 2.75) is 31.8 Å². The van der Waals surface area contributed by atoms with Gasteiger partial charge in [-0.05, 0) is 23.6 Å². The van der Waals surface area contributed by atoms with Crippen LogP contribution in [0, 0.1) is 5.92 Å². The van der Waals surface area contributed by atoms with Crippen LogP contribution in [0.2, 0.25) is 0 Å². The molecule has 1 fully saturated rings. The van der Waals surface area contributed by atoms with Crippen molar-refractivity contribution in [3.8, 4) is 0 Å². The van der Waals surface area contributed by atoms with Crippen molar-refractivity contribution in [2.75, 3.05) is 13.1 Å². The summed E-state index contributed by atoms with van der Waals surface area (Å²) >= 11 is 0. The largest absolute Gasteiger partial charge is 0.459 e. The van der Waals surface area contributed by atoms with Crippen LogP contribution in [0.1, 0.15) is 35.9 Å². The number of likely N-dealkylation sites (tertiary alicyclic amines) is 1. The Labute approximate surface area is 165 Å². The van der Waals surface area contributed by atoms with Gasteiger partial charge in [0.2, 0.25) is 5.91 Å². The Morgan fingerprint density at radius 1 is 1.15 bits per heavy atom. The Kier molecular flexibility index (Phi) is 7.05. The summed E-state index contributed by atoms with van der Waals surface area (Å²) in [6.07, 6.45) is 1.44. The van der Waals surface area contributed by atoms with Gasteiger partial charge in [-0.1, -0.05) is 44.2 Å². The topological polar surface area (TPSA) is 88.6 Å². The van der Waals surface area contributed by atoms with Gasteiger partial charge in [0, 0.05) is 25.0 Å². The number of rotatable bonds is 5. The third-order valence-electron chi connectivity index (χ3n) is 4.87. The van der Waals surface area contributed by atoms with Crippen LogP contribution < -0.4 is 11.1 Å². The Hall–Kier alpha value is -2.31. The van der Waals surface area contributed by atoms with Crippen LogP contribution in [0.25, 0.3) is 0 Å². The summed E-state index contributed by atoms with van der Waals surface area (Å²) in [6.45, 7) is 4.87. The second-order valence-corrected chi connectivity index (χ2v) is 7.10. The van der Waals surface area contributed by atoms with Crippen molar-refractivity contribution >= 4 is 24.2 Å². The van der Waals surface area contributed by atoms with E-state index >= 15 is 0 Å². The van der Waals surface area contributed by atoms with Crippen LogP contribution >= 0.6 is 12.4 Å². The summed E-state index contributed by atoms with van der Waals surface area (Å²) < 4.78 is 5.12. The van der Waals surface area contributed by atoms with Gasteiger partial charge in [-0.15, -0.1) is 12.4 Å². The molecule has 1 aliphatic rings. The second-order valence-electron chi connectivity index (χ2n) is 7.10. The molecule has 7 heteroatoms. The van der Waals surface area contributed by atoms with Crippen molar-refractivity contribution in [3.63, 3.8) is 0 Å². The zero-order chi connectivity index (χ0) is 18.7. The van der Waals surface area contributed by atoms with Crippen LogP contribution in [-0.4, -0.2) is 41.9 Å². The maximum absolute atomic E-state index is 13.0. The molecule has 0 spiro atoms. The fourth-order valence-electron chi connectivity index (χ4n) is 3.39. The van der Waals surface area contributed by atoms with Gasteiger partial charge in [0.1, 0.15) is 6.04 Å². The average Bonchev–Trinajstić information content (AvgIpc) is 3.29. The highest BCUT2D eigenvalue weighted by atomic mass is 35.5. The van der Waals surface area contributed by atoms with E-state index in [1.54, 1.807) is 17.0 Å². The Morgan fingerprint density at radius 2 is 1.85 bits per heavy atom. The second kappa shape index (κ2) is 9.06. The van der Waals surface area contributed by atoms with Crippen molar-refractivity contribution in [1.29, 1.82) is 0 Å². The number of hydrogen-bond donors (Lipinski definition) is 2. The molecule has 1 aliphatic heterocycles. The molecule has 2 aromatic rings. The predicted octanol–water partition coefficient (Wildman–Crippen LogP) is 2.41. The number of nitrogens with zero attached hydrogens (tertiary/aromatic N) is 1. The van der Waals surface area contributed by atoms with E-state index in [2.05, 4.69) is 5.32 Å². The van der Waals surface area contributed by atoms with Gasteiger partial charge in [0.05, 0.1) is 6.26 Å². The number of halogens is 1. The molecule has 146 valence electrons. The molecule has 1 aromatic carbocycles. The number of carbonyl (C=O) groups excluding carboxylic acids is 2. The molecule has 0 saturated carbocycles. The normalized spacial score (nSPS) is 20.2.